The molecule has 29 heavy (non-hydrogen) atoms. The van der Waals surface area contributed by atoms with Gasteiger partial charge in [-0.1, -0.05) is 0 Å². The van der Waals surface area contributed by atoms with Crippen LogP contribution in [0, 0.1) is 0 Å². The van der Waals surface area contributed by atoms with E-state index in [0.717, 1.165) is 0 Å². The van der Waals surface area contributed by atoms with Gasteiger partial charge < -0.3 is 25.3 Å². The van der Waals surface area contributed by atoms with Gasteiger partial charge in [-0.25, -0.2) is 0 Å². The highest BCUT2D eigenvalue weighted by Gasteiger charge is 2.19. The largest absolute Gasteiger partial charge is 0.480 e. The minimum atomic E-state index is -1.20. The van der Waals surface area contributed by atoms with Crippen molar-refractivity contribution in [2.75, 3.05) is 73.0 Å². The molecule has 0 rings (SSSR count). The Hall–Kier alpha value is -2.77. The summed E-state index contributed by atoms with van der Waals surface area (Å²) in [7, 11) is 3.09. The molecule has 0 aromatic carbocycles. The molecular weight excluding hydrogens is 392 g/mol. The molecule has 0 spiro atoms. The lowest BCUT2D eigenvalue weighted by molar-refractivity contribution is -0.143. The number of likely N-dealkylation sites (N-methyl/N-ethyl adjacent to an activating group) is 1. The lowest BCUT2D eigenvalue weighted by Gasteiger charge is -2.28. The van der Waals surface area contributed by atoms with Gasteiger partial charge in [-0.05, 0) is 0 Å². The van der Waals surface area contributed by atoms with E-state index in [1.807, 2.05) is 0 Å². The summed E-state index contributed by atoms with van der Waals surface area (Å²) in [4.78, 5) is 60.9. The number of rotatable bonds is 16. The molecule has 0 aliphatic heterocycles. The van der Waals surface area contributed by atoms with E-state index in [-0.39, 0.29) is 38.6 Å². The molecule has 0 aromatic rings. The van der Waals surface area contributed by atoms with Crippen LogP contribution in [0.3, 0.4) is 0 Å². The quantitative estimate of drug-likeness (QED) is 0.203. The molecule has 0 aliphatic carbocycles. The molecule has 4 N–H and O–H groups in total. The molecule has 0 radical (unpaired) electrons. The molecule has 0 bridgehead atoms. The molecule has 0 aliphatic rings. The Morgan fingerprint density at radius 1 is 0.517 bits per heavy atom. The van der Waals surface area contributed by atoms with Crippen LogP contribution in [0.25, 0.3) is 0 Å². The maximum atomic E-state index is 12.0. The summed E-state index contributed by atoms with van der Waals surface area (Å²) in [5.41, 5.74) is 0. The summed E-state index contributed by atoms with van der Waals surface area (Å²) >= 11 is 0. The van der Waals surface area contributed by atoms with Crippen molar-refractivity contribution >= 4 is 29.8 Å². The minimum Gasteiger partial charge on any atom is -0.480 e. The summed E-state index contributed by atoms with van der Waals surface area (Å²) in [5, 5.41) is 35.6. The summed E-state index contributed by atoms with van der Waals surface area (Å²) < 4.78 is 0. The van der Waals surface area contributed by atoms with Gasteiger partial charge >= 0.3 is 23.9 Å². The number of carboxylic acids is 4. The van der Waals surface area contributed by atoms with Crippen LogP contribution in [0.5, 0.6) is 0 Å². The third-order valence-corrected chi connectivity index (χ3v) is 3.76. The molecule has 0 unspecified atom stereocenters. The highest BCUT2D eigenvalue weighted by atomic mass is 16.4. The van der Waals surface area contributed by atoms with Gasteiger partial charge in [0.15, 0.2) is 0 Å². The molecule has 166 valence electrons. The SMILES string of the molecule is CN(C)C(=O)CN(CCN(CC(=O)O)CC(=O)O)CCN(CC(=O)O)CC(=O)O. The molecule has 0 atom stereocenters. The summed E-state index contributed by atoms with van der Waals surface area (Å²) in [6.07, 6.45) is 0. The van der Waals surface area contributed by atoms with Gasteiger partial charge in [-0.2, -0.15) is 0 Å². The number of nitrogens with zero attached hydrogens (tertiary/aromatic N) is 4. The van der Waals surface area contributed by atoms with Gasteiger partial charge in [0.2, 0.25) is 5.91 Å². The van der Waals surface area contributed by atoms with Crippen LogP contribution in [0.15, 0.2) is 0 Å². The first kappa shape index (κ1) is 26.2. The van der Waals surface area contributed by atoms with Crippen molar-refractivity contribution in [3.8, 4) is 0 Å². The monoisotopic (exact) mass is 420 g/mol. The van der Waals surface area contributed by atoms with Crippen molar-refractivity contribution in [1.82, 2.24) is 19.6 Å². The predicted octanol–water partition coefficient (Wildman–Crippen LogP) is -2.68. The molecule has 0 fully saturated rings. The van der Waals surface area contributed by atoms with Crippen molar-refractivity contribution < 1.29 is 44.4 Å². The fourth-order valence-corrected chi connectivity index (χ4v) is 2.36. The molecule has 0 saturated carbocycles. The van der Waals surface area contributed by atoms with Gasteiger partial charge in [0.05, 0.1) is 32.7 Å². The standard InChI is InChI=1S/C16H28N4O9/c1-17(2)12(21)7-18(3-5-19(8-13(22)23)9-14(24)25)4-6-20(10-15(26)27)11-16(28)29/h3-11H2,1-2H3,(H,22,23)(H,24,25)(H,26,27)(H,28,29). The summed E-state index contributed by atoms with van der Waals surface area (Å²) in [6.45, 7) is -1.71. The fraction of sp³-hybridized carbons (Fsp3) is 0.688. The van der Waals surface area contributed by atoms with E-state index >= 15 is 0 Å². The first-order chi connectivity index (χ1) is 13.4. The minimum absolute atomic E-state index is 0.0389. The normalized spacial score (nSPS) is 11.1. The van der Waals surface area contributed by atoms with Crippen LogP contribution >= 0.6 is 0 Å². The van der Waals surface area contributed by atoms with Crippen molar-refractivity contribution in [3.63, 3.8) is 0 Å². The number of carboxylic acid groups (broad SMARTS) is 4. The van der Waals surface area contributed by atoms with Gasteiger partial charge in [0.1, 0.15) is 0 Å². The Balaban J connectivity index is 5.07. The molecule has 13 nitrogen and oxygen atoms in total. The topological polar surface area (TPSA) is 179 Å². The van der Waals surface area contributed by atoms with Crippen LogP contribution in [0.2, 0.25) is 0 Å². The summed E-state index contributed by atoms with van der Waals surface area (Å²) in [5.74, 6) is -5.06. The molecule has 0 heterocycles. The Morgan fingerprint density at radius 3 is 1.03 bits per heavy atom. The fourth-order valence-electron chi connectivity index (χ4n) is 2.36. The number of amides is 1. The summed E-state index contributed by atoms with van der Waals surface area (Å²) in [6, 6.07) is 0. The molecule has 1 amide bonds. The first-order valence-corrected chi connectivity index (χ1v) is 8.65. The van der Waals surface area contributed by atoms with Crippen LogP contribution in [0.4, 0.5) is 0 Å². The zero-order valence-electron chi connectivity index (χ0n) is 16.5. The van der Waals surface area contributed by atoms with Crippen molar-refractivity contribution in [2.45, 2.75) is 0 Å². The van der Waals surface area contributed by atoms with E-state index in [4.69, 9.17) is 20.4 Å². The van der Waals surface area contributed by atoms with E-state index in [1.54, 1.807) is 19.0 Å². The van der Waals surface area contributed by atoms with Gasteiger partial charge in [-0.15, -0.1) is 0 Å². The first-order valence-electron chi connectivity index (χ1n) is 8.65. The van der Waals surface area contributed by atoms with Gasteiger partial charge in [-0.3, -0.25) is 38.7 Å². The predicted molar refractivity (Wildman–Crippen MR) is 98.6 cm³/mol. The van der Waals surface area contributed by atoms with Crippen molar-refractivity contribution in [3.05, 3.63) is 0 Å². The van der Waals surface area contributed by atoms with Crippen LogP contribution < -0.4 is 0 Å². The Bertz CT molecular complexity index is 525. The van der Waals surface area contributed by atoms with E-state index in [0.29, 0.717) is 0 Å². The van der Waals surface area contributed by atoms with Crippen molar-refractivity contribution in [1.29, 1.82) is 0 Å². The van der Waals surface area contributed by atoms with E-state index in [9.17, 15) is 24.0 Å². The van der Waals surface area contributed by atoms with Gasteiger partial charge in [0.25, 0.3) is 0 Å². The van der Waals surface area contributed by atoms with Crippen molar-refractivity contribution in [2.24, 2.45) is 0 Å². The highest BCUT2D eigenvalue weighted by Crippen LogP contribution is 1.98. The second-order valence-electron chi connectivity index (χ2n) is 6.56. The number of hydrogen-bond acceptors (Lipinski definition) is 8. The zero-order valence-corrected chi connectivity index (χ0v) is 16.5. The maximum Gasteiger partial charge on any atom is 0.317 e. The average Bonchev–Trinajstić information content (AvgIpc) is 2.54. The second-order valence-corrected chi connectivity index (χ2v) is 6.56. The molecule has 0 aromatic heterocycles. The zero-order chi connectivity index (χ0) is 22.6. The smallest absolute Gasteiger partial charge is 0.317 e. The number of carbonyl (C=O) groups excluding carboxylic acids is 1. The van der Waals surface area contributed by atoms with E-state index < -0.39 is 50.1 Å². The van der Waals surface area contributed by atoms with Gasteiger partial charge in [0, 0.05) is 40.3 Å². The Labute approximate surface area is 167 Å². The Kier molecular flexibility index (Phi) is 12.1. The van der Waals surface area contributed by atoms with E-state index in [2.05, 4.69) is 0 Å². The average molecular weight is 420 g/mol. The third kappa shape index (κ3) is 14.0. The molecular formula is C16H28N4O9. The number of hydrogen-bond donors (Lipinski definition) is 4. The third-order valence-electron chi connectivity index (χ3n) is 3.76. The maximum absolute atomic E-state index is 12.0. The molecule has 13 heteroatoms. The molecule has 0 saturated heterocycles. The van der Waals surface area contributed by atoms with Crippen LogP contribution in [-0.2, 0) is 24.0 Å². The number of carbonyl (C=O) groups is 5. The van der Waals surface area contributed by atoms with Crippen LogP contribution in [0.1, 0.15) is 0 Å². The second kappa shape index (κ2) is 13.4. The van der Waals surface area contributed by atoms with Crippen LogP contribution in [-0.4, -0.2) is 143 Å². The number of aliphatic carboxylic acids is 4. The lowest BCUT2D eigenvalue weighted by atomic mass is 10.3. The Morgan fingerprint density at radius 2 is 0.793 bits per heavy atom. The highest BCUT2D eigenvalue weighted by molar-refractivity contribution is 5.77. The lowest BCUT2D eigenvalue weighted by Crippen LogP contribution is -2.46. The van der Waals surface area contributed by atoms with E-state index in [1.165, 1.54) is 14.7 Å².